The van der Waals surface area contributed by atoms with Crippen LogP contribution in [0.3, 0.4) is 0 Å². The summed E-state index contributed by atoms with van der Waals surface area (Å²) in [6, 6.07) is -0.723. The van der Waals surface area contributed by atoms with Crippen molar-refractivity contribution in [2.75, 3.05) is 6.61 Å². The molecule has 0 aromatic rings. The van der Waals surface area contributed by atoms with Crippen molar-refractivity contribution in [3.63, 3.8) is 0 Å². The van der Waals surface area contributed by atoms with Gasteiger partial charge in [0.25, 0.3) is 0 Å². The third kappa shape index (κ3) is 43.5. The first kappa shape index (κ1) is 58.0. The van der Waals surface area contributed by atoms with Crippen molar-refractivity contribution in [2.45, 2.75) is 244 Å². The van der Waals surface area contributed by atoms with Crippen LogP contribution in [0.1, 0.15) is 226 Å². The van der Waals surface area contributed by atoms with Gasteiger partial charge < -0.3 is 20.3 Å². The van der Waals surface area contributed by atoms with Crippen molar-refractivity contribution in [1.29, 1.82) is 0 Å². The van der Waals surface area contributed by atoms with Crippen LogP contribution in [0.2, 0.25) is 0 Å². The fourth-order valence-electron chi connectivity index (χ4n) is 7.32. The third-order valence-electron chi connectivity index (χ3n) is 11.1. The zero-order valence-corrected chi connectivity index (χ0v) is 39.8. The molecule has 0 saturated carbocycles. The van der Waals surface area contributed by atoms with Gasteiger partial charge in [0.15, 0.2) is 0 Å². The van der Waals surface area contributed by atoms with Gasteiger partial charge in [-0.1, -0.05) is 234 Å². The van der Waals surface area contributed by atoms with Gasteiger partial charge >= 0.3 is 5.97 Å². The summed E-state index contributed by atoms with van der Waals surface area (Å²) in [6.45, 7) is 6.19. The number of ether oxygens (including phenoxy) is 1. The second kappa shape index (κ2) is 48.1. The molecule has 0 bridgehead atoms. The van der Waals surface area contributed by atoms with E-state index in [-0.39, 0.29) is 24.9 Å². The number of hydrogen-bond donors (Lipinski definition) is 3. The van der Waals surface area contributed by atoms with Crippen LogP contribution in [-0.4, -0.2) is 46.9 Å². The largest absolute Gasteiger partial charge is 0.462 e. The van der Waals surface area contributed by atoms with E-state index in [0.717, 1.165) is 96.3 Å². The van der Waals surface area contributed by atoms with Gasteiger partial charge in [-0.3, -0.25) is 9.59 Å². The first-order chi connectivity index (χ1) is 30.0. The standard InChI is InChI=1S/C55H95NO5/c1-4-7-10-13-16-19-22-25-26-27-30-32-35-38-41-44-47-53(58)52(50-57)56-54(59)49-51(46-43-40-37-34-31-28-23-20-17-14-11-8-5-2)61-55(60)48-45-42-39-36-33-29-24-21-18-15-12-9-6-3/h8-9,11-12,14-15,17-18,20-21,23-24,28,31,51-53,57-58H,4-7,10,13,16,19,22,25-27,29-30,32-50H2,1-3H3,(H,56,59)/b11-8+,12-9+,17-14+,18-15+,23-20+,24-21-,31-28-. The van der Waals surface area contributed by atoms with E-state index in [1.54, 1.807) is 0 Å². The minimum Gasteiger partial charge on any atom is -0.462 e. The average Bonchev–Trinajstić information content (AvgIpc) is 3.25. The molecule has 61 heavy (non-hydrogen) atoms. The maximum Gasteiger partial charge on any atom is 0.306 e. The lowest BCUT2D eigenvalue weighted by atomic mass is 10.0. The number of nitrogens with one attached hydrogen (secondary N) is 1. The molecule has 3 unspecified atom stereocenters. The monoisotopic (exact) mass is 850 g/mol. The normalized spacial score (nSPS) is 14.0. The van der Waals surface area contributed by atoms with Gasteiger partial charge in [0.05, 0.1) is 25.2 Å². The molecular weight excluding hydrogens is 755 g/mol. The number of amides is 1. The van der Waals surface area contributed by atoms with E-state index in [1.807, 2.05) is 24.3 Å². The SMILES string of the molecule is CC/C=C/C=C/C=C\CCCCCCCC(=O)OC(CCCCC\C=C/C=C/C=C/C=C/CC)CC(=O)NC(CO)C(O)CCCCCCCCCCCCCCCCCC. The van der Waals surface area contributed by atoms with Gasteiger partial charge in [0.2, 0.25) is 5.91 Å². The number of hydrogen-bond acceptors (Lipinski definition) is 5. The van der Waals surface area contributed by atoms with Crippen LogP contribution in [0.15, 0.2) is 85.1 Å². The molecule has 0 saturated heterocycles. The molecular formula is C55H95NO5. The molecule has 6 nitrogen and oxygen atoms in total. The summed E-state index contributed by atoms with van der Waals surface area (Å²) in [7, 11) is 0. The van der Waals surface area contributed by atoms with E-state index in [9.17, 15) is 19.8 Å². The summed E-state index contributed by atoms with van der Waals surface area (Å²) < 4.78 is 5.90. The van der Waals surface area contributed by atoms with Gasteiger partial charge in [-0.2, -0.15) is 0 Å². The molecule has 0 spiro atoms. The molecule has 0 aromatic heterocycles. The number of unbranched alkanes of at least 4 members (excludes halogenated alkanes) is 23. The Morgan fingerprint density at radius 3 is 1.36 bits per heavy atom. The Balaban J connectivity index is 4.63. The lowest BCUT2D eigenvalue weighted by Gasteiger charge is -2.24. The Morgan fingerprint density at radius 2 is 0.885 bits per heavy atom. The van der Waals surface area contributed by atoms with Gasteiger partial charge in [0, 0.05) is 6.42 Å². The van der Waals surface area contributed by atoms with E-state index in [0.29, 0.717) is 19.3 Å². The Bertz CT molecular complexity index is 1180. The highest BCUT2D eigenvalue weighted by Gasteiger charge is 2.24. The highest BCUT2D eigenvalue weighted by atomic mass is 16.5. The van der Waals surface area contributed by atoms with E-state index in [1.165, 1.54) is 83.5 Å². The van der Waals surface area contributed by atoms with Crippen LogP contribution in [0, 0.1) is 0 Å². The molecule has 0 aliphatic rings. The zero-order chi connectivity index (χ0) is 44.5. The Labute approximate surface area is 376 Å². The summed E-state index contributed by atoms with van der Waals surface area (Å²) in [5.74, 6) is -0.542. The minimum atomic E-state index is -0.806. The van der Waals surface area contributed by atoms with Gasteiger partial charge in [-0.05, 0) is 64.2 Å². The van der Waals surface area contributed by atoms with E-state index < -0.39 is 18.2 Å². The third-order valence-corrected chi connectivity index (χ3v) is 11.1. The second-order valence-corrected chi connectivity index (χ2v) is 17.0. The molecule has 350 valence electrons. The van der Waals surface area contributed by atoms with E-state index in [4.69, 9.17) is 4.74 Å². The molecule has 0 fully saturated rings. The van der Waals surface area contributed by atoms with Crippen LogP contribution in [0.4, 0.5) is 0 Å². The lowest BCUT2D eigenvalue weighted by molar-refractivity contribution is -0.151. The molecule has 3 atom stereocenters. The summed E-state index contributed by atoms with van der Waals surface area (Å²) >= 11 is 0. The first-order valence-corrected chi connectivity index (χ1v) is 25.4. The quantitative estimate of drug-likeness (QED) is 0.0322. The van der Waals surface area contributed by atoms with Crippen LogP contribution in [0.25, 0.3) is 0 Å². The van der Waals surface area contributed by atoms with Crippen LogP contribution < -0.4 is 5.32 Å². The molecule has 0 aliphatic carbocycles. The molecule has 0 radical (unpaired) electrons. The van der Waals surface area contributed by atoms with Crippen molar-refractivity contribution in [3.05, 3.63) is 85.1 Å². The Kier molecular flexibility index (Phi) is 45.7. The number of esters is 1. The Morgan fingerprint density at radius 1 is 0.492 bits per heavy atom. The number of aliphatic hydroxyl groups is 2. The van der Waals surface area contributed by atoms with Gasteiger partial charge in [-0.15, -0.1) is 0 Å². The summed E-state index contributed by atoms with van der Waals surface area (Å²) in [5.41, 5.74) is 0. The maximum atomic E-state index is 13.2. The predicted molar refractivity (Wildman–Crippen MR) is 264 cm³/mol. The lowest BCUT2D eigenvalue weighted by Crippen LogP contribution is -2.46. The molecule has 3 N–H and O–H groups in total. The average molecular weight is 850 g/mol. The molecule has 0 aromatic carbocycles. The first-order valence-electron chi connectivity index (χ1n) is 25.4. The van der Waals surface area contributed by atoms with E-state index in [2.05, 4.69) is 86.8 Å². The van der Waals surface area contributed by atoms with Crippen molar-refractivity contribution in [3.8, 4) is 0 Å². The maximum absolute atomic E-state index is 13.2. The summed E-state index contributed by atoms with van der Waals surface area (Å²) in [6.07, 6.45) is 62.1. The highest BCUT2D eigenvalue weighted by Crippen LogP contribution is 2.17. The molecule has 0 rings (SSSR count). The van der Waals surface area contributed by atoms with E-state index >= 15 is 0 Å². The second-order valence-electron chi connectivity index (χ2n) is 17.0. The van der Waals surface area contributed by atoms with Crippen molar-refractivity contribution >= 4 is 11.9 Å². The predicted octanol–water partition coefficient (Wildman–Crippen LogP) is 15.2. The van der Waals surface area contributed by atoms with Crippen molar-refractivity contribution in [1.82, 2.24) is 5.32 Å². The fraction of sp³-hybridized carbons (Fsp3) is 0.709. The topological polar surface area (TPSA) is 95.9 Å². The number of carbonyl (C=O) groups excluding carboxylic acids is 2. The molecule has 1 amide bonds. The zero-order valence-electron chi connectivity index (χ0n) is 39.8. The van der Waals surface area contributed by atoms with Crippen molar-refractivity contribution < 1.29 is 24.5 Å². The number of rotatable bonds is 44. The number of aliphatic hydroxyl groups excluding tert-OH is 2. The highest BCUT2D eigenvalue weighted by molar-refractivity contribution is 5.77. The van der Waals surface area contributed by atoms with Crippen molar-refractivity contribution in [2.24, 2.45) is 0 Å². The summed E-state index contributed by atoms with van der Waals surface area (Å²) in [4.78, 5) is 26.1. The van der Waals surface area contributed by atoms with Gasteiger partial charge in [0.1, 0.15) is 6.10 Å². The number of allylic oxidation sites excluding steroid dienone is 14. The van der Waals surface area contributed by atoms with Gasteiger partial charge in [-0.25, -0.2) is 0 Å². The number of carbonyl (C=O) groups is 2. The van der Waals surface area contributed by atoms with Crippen LogP contribution >= 0.6 is 0 Å². The molecule has 0 heterocycles. The van der Waals surface area contributed by atoms with Crippen LogP contribution in [0.5, 0.6) is 0 Å². The van der Waals surface area contributed by atoms with Crippen LogP contribution in [-0.2, 0) is 14.3 Å². The summed E-state index contributed by atoms with van der Waals surface area (Å²) in [5, 5.41) is 23.8. The molecule has 0 aliphatic heterocycles. The minimum absolute atomic E-state index is 0.0390. The fourth-order valence-corrected chi connectivity index (χ4v) is 7.32. The molecule has 6 heteroatoms. The smallest absolute Gasteiger partial charge is 0.306 e. The Hall–Kier alpha value is -2.96.